The summed E-state index contributed by atoms with van der Waals surface area (Å²) in [5.41, 5.74) is 1.28. The third-order valence-corrected chi connectivity index (χ3v) is 5.04. The highest BCUT2D eigenvalue weighted by Crippen LogP contribution is 2.30. The largest absolute Gasteiger partial charge is 0.394 e. The molecule has 0 aliphatic heterocycles. The Balaban J connectivity index is 1.91. The summed E-state index contributed by atoms with van der Waals surface area (Å²) in [5, 5.41) is 14.9. The lowest BCUT2D eigenvalue weighted by atomic mass is 10.1. The number of amides is 1. The summed E-state index contributed by atoms with van der Waals surface area (Å²) >= 11 is 1.90. The average molecular weight is 585 g/mol. The number of hydroxylamine groups is 1. The highest BCUT2D eigenvalue weighted by atomic mass is 127. The van der Waals surface area contributed by atoms with Gasteiger partial charge in [0.25, 0.3) is 5.91 Å². The first kappa shape index (κ1) is 25.5. The molecule has 0 heterocycles. The van der Waals surface area contributed by atoms with E-state index in [0.29, 0.717) is 3.57 Å². The Labute approximate surface area is 206 Å². The molecule has 0 unspecified atom stereocenters. The lowest BCUT2D eigenvalue weighted by Gasteiger charge is -2.15. The number of hydrogen-bond acceptors (Lipinski definition) is 6. The summed E-state index contributed by atoms with van der Waals surface area (Å²) < 4.78 is 44.7. The van der Waals surface area contributed by atoms with Gasteiger partial charge in [0.15, 0.2) is 11.6 Å². The van der Waals surface area contributed by atoms with Crippen molar-refractivity contribution in [1.29, 1.82) is 0 Å². The maximum absolute atomic E-state index is 15.0. The molecular weight excluding hydrogens is 566 g/mol. The first-order valence-corrected chi connectivity index (χ1v) is 10.9. The number of nitrogens with zero attached hydrogens (tertiary/aromatic N) is 1. The SMILES string of the molecule is O=C(NOCCO)c1cc(/C=N/OCc2ccccc2)c(F)c(F)c1Nc1ccc(I)cc1F. The molecule has 3 N–H and O–H groups in total. The molecule has 0 bridgehead atoms. The van der Waals surface area contributed by atoms with Crippen molar-refractivity contribution < 1.29 is 32.7 Å². The molecule has 7 nitrogen and oxygen atoms in total. The third-order valence-electron chi connectivity index (χ3n) is 4.37. The molecule has 34 heavy (non-hydrogen) atoms. The van der Waals surface area contributed by atoms with Crippen LogP contribution in [-0.4, -0.2) is 30.4 Å². The van der Waals surface area contributed by atoms with E-state index in [9.17, 15) is 13.6 Å². The molecule has 3 rings (SSSR count). The molecule has 3 aromatic carbocycles. The van der Waals surface area contributed by atoms with E-state index in [1.165, 1.54) is 12.1 Å². The van der Waals surface area contributed by atoms with Gasteiger partial charge in [0.05, 0.1) is 36.4 Å². The molecule has 0 aliphatic carbocycles. The van der Waals surface area contributed by atoms with Crippen molar-refractivity contribution in [2.45, 2.75) is 6.61 Å². The quantitative estimate of drug-likeness (QED) is 0.140. The molecule has 0 fully saturated rings. The van der Waals surface area contributed by atoms with Gasteiger partial charge in [0.1, 0.15) is 12.4 Å². The standard InChI is InChI=1S/C23H19F3IN3O4/c24-18-11-16(27)6-7-19(18)29-22-17(23(32)30-33-9-8-31)10-15(20(25)21(22)26)12-28-34-13-14-4-2-1-3-5-14/h1-7,10-12,29,31H,8-9,13H2,(H,30,32)/b28-12+. The van der Waals surface area contributed by atoms with E-state index in [-0.39, 0.29) is 36.6 Å². The van der Waals surface area contributed by atoms with E-state index in [4.69, 9.17) is 14.8 Å². The van der Waals surface area contributed by atoms with Gasteiger partial charge in [-0.1, -0.05) is 35.5 Å². The van der Waals surface area contributed by atoms with Crippen molar-refractivity contribution >= 4 is 46.1 Å². The number of rotatable bonds is 10. The number of hydrogen-bond donors (Lipinski definition) is 3. The van der Waals surface area contributed by atoms with Crippen LogP contribution < -0.4 is 10.8 Å². The molecule has 178 valence electrons. The summed E-state index contributed by atoms with van der Waals surface area (Å²) in [4.78, 5) is 22.5. The van der Waals surface area contributed by atoms with Crippen LogP contribution in [0.1, 0.15) is 21.5 Å². The molecule has 0 atom stereocenters. The Kier molecular flexibility index (Phi) is 9.24. The average Bonchev–Trinajstić information content (AvgIpc) is 2.83. The molecule has 0 aromatic heterocycles. The van der Waals surface area contributed by atoms with Crippen LogP contribution in [0.15, 0.2) is 59.8 Å². The monoisotopic (exact) mass is 585 g/mol. The number of aliphatic hydroxyl groups is 1. The number of nitrogens with one attached hydrogen (secondary N) is 2. The zero-order valence-corrected chi connectivity index (χ0v) is 19.7. The van der Waals surface area contributed by atoms with Crippen LogP contribution in [0.2, 0.25) is 0 Å². The van der Waals surface area contributed by atoms with Crippen LogP contribution in [0.5, 0.6) is 0 Å². The van der Waals surface area contributed by atoms with Gasteiger partial charge >= 0.3 is 0 Å². The van der Waals surface area contributed by atoms with E-state index >= 15 is 4.39 Å². The van der Waals surface area contributed by atoms with Gasteiger partial charge in [0, 0.05) is 9.13 Å². The zero-order chi connectivity index (χ0) is 24.5. The van der Waals surface area contributed by atoms with Crippen molar-refractivity contribution in [2.75, 3.05) is 18.5 Å². The Bertz CT molecular complexity index is 1180. The maximum Gasteiger partial charge on any atom is 0.277 e. The lowest BCUT2D eigenvalue weighted by Crippen LogP contribution is -2.26. The van der Waals surface area contributed by atoms with Gasteiger partial charge < -0.3 is 15.3 Å². The van der Waals surface area contributed by atoms with E-state index in [1.54, 1.807) is 18.2 Å². The van der Waals surface area contributed by atoms with Crippen LogP contribution in [0.3, 0.4) is 0 Å². The van der Waals surface area contributed by atoms with Gasteiger partial charge in [-0.25, -0.2) is 18.7 Å². The van der Waals surface area contributed by atoms with E-state index in [2.05, 4.69) is 10.5 Å². The minimum atomic E-state index is -1.43. The van der Waals surface area contributed by atoms with E-state index in [1.807, 2.05) is 46.3 Å². The van der Waals surface area contributed by atoms with Gasteiger partial charge in [-0.05, 0) is 52.4 Å². The zero-order valence-electron chi connectivity index (χ0n) is 17.5. The van der Waals surface area contributed by atoms with Crippen molar-refractivity contribution in [2.24, 2.45) is 5.16 Å². The number of carbonyl (C=O) groups excluding carboxylic acids is 1. The molecule has 0 spiro atoms. The van der Waals surface area contributed by atoms with Crippen molar-refractivity contribution in [3.63, 3.8) is 0 Å². The van der Waals surface area contributed by atoms with Crippen molar-refractivity contribution in [3.8, 4) is 0 Å². The van der Waals surface area contributed by atoms with Crippen LogP contribution in [0, 0.1) is 21.0 Å². The molecule has 0 saturated heterocycles. The topological polar surface area (TPSA) is 92.2 Å². The van der Waals surface area contributed by atoms with Crippen LogP contribution in [-0.2, 0) is 16.3 Å². The minimum absolute atomic E-state index is 0.0928. The molecule has 0 radical (unpaired) electrons. The summed E-state index contributed by atoms with van der Waals surface area (Å²) in [6, 6.07) is 14.1. The first-order valence-electron chi connectivity index (χ1n) is 9.87. The minimum Gasteiger partial charge on any atom is -0.394 e. The number of halogens is 4. The fraction of sp³-hybridized carbons (Fsp3) is 0.130. The highest BCUT2D eigenvalue weighted by molar-refractivity contribution is 14.1. The smallest absolute Gasteiger partial charge is 0.277 e. The predicted molar refractivity (Wildman–Crippen MR) is 128 cm³/mol. The van der Waals surface area contributed by atoms with Crippen LogP contribution in [0.4, 0.5) is 24.5 Å². The summed E-state index contributed by atoms with van der Waals surface area (Å²) in [6.45, 7) is -0.519. The number of oxime groups is 1. The van der Waals surface area contributed by atoms with Crippen LogP contribution >= 0.6 is 22.6 Å². The van der Waals surface area contributed by atoms with Gasteiger partial charge in [-0.2, -0.15) is 0 Å². The second-order valence-corrected chi connectivity index (χ2v) is 8.01. The predicted octanol–water partition coefficient (Wildman–Crippen LogP) is 4.66. The maximum atomic E-state index is 15.0. The molecular formula is C23H19F3IN3O4. The molecule has 0 aliphatic rings. The van der Waals surface area contributed by atoms with Crippen LogP contribution in [0.25, 0.3) is 0 Å². The second-order valence-electron chi connectivity index (χ2n) is 6.76. The number of carbonyl (C=O) groups is 1. The second kappa shape index (κ2) is 12.3. The molecule has 3 aromatic rings. The summed E-state index contributed by atoms with van der Waals surface area (Å²) in [5.74, 6) is -4.44. The molecule has 1 amide bonds. The van der Waals surface area contributed by atoms with Crippen molar-refractivity contribution in [1.82, 2.24) is 5.48 Å². The molecule has 11 heteroatoms. The fourth-order valence-electron chi connectivity index (χ4n) is 2.76. The van der Waals surface area contributed by atoms with Gasteiger partial charge in [0.2, 0.25) is 0 Å². The Morgan fingerprint density at radius 3 is 2.56 bits per heavy atom. The fourth-order valence-corrected chi connectivity index (χ4v) is 3.22. The Morgan fingerprint density at radius 1 is 1.09 bits per heavy atom. The highest BCUT2D eigenvalue weighted by Gasteiger charge is 2.23. The van der Waals surface area contributed by atoms with Gasteiger partial charge in [-0.3, -0.25) is 9.63 Å². The number of aliphatic hydroxyl groups excluding tert-OH is 1. The molecule has 0 saturated carbocycles. The third kappa shape index (κ3) is 6.68. The van der Waals surface area contributed by atoms with E-state index in [0.717, 1.165) is 17.8 Å². The van der Waals surface area contributed by atoms with Gasteiger partial charge in [-0.15, -0.1) is 0 Å². The number of benzene rings is 3. The van der Waals surface area contributed by atoms with E-state index < -0.39 is 29.0 Å². The Hall–Kier alpha value is -3.16. The lowest BCUT2D eigenvalue weighted by molar-refractivity contribution is 0.0168. The van der Waals surface area contributed by atoms with Crippen molar-refractivity contribution in [3.05, 3.63) is 92.3 Å². The summed E-state index contributed by atoms with van der Waals surface area (Å²) in [6.07, 6.45) is 0.919. The Morgan fingerprint density at radius 2 is 1.85 bits per heavy atom. The normalized spacial score (nSPS) is 11.0. The summed E-state index contributed by atoms with van der Waals surface area (Å²) in [7, 11) is 0. The first-order chi connectivity index (χ1) is 16.4. The number of anilines is 2.